The lowest BCUT2D eigenvalue weighted by Gasteiger charge is -2.32. The molecule has 1 saturated carbocycles. The number of hydrogen-bond donors (Lipinski definition) is 2. The molecule has 0 aliphatic heterocycles. The van der Waals surface area contributed by atoms with E-state index in [1.165, 1.54) is 102 Å². The lowest BCUT2D eigenvalue weighted by Crippen LogP contribution is -2.45. The van der Waals surface area contributed by atoms with E-state index in [1.807, 2.05) is 6.92 Å². The van der Waals surface area contributed by atoms with Gasteiger partial charge in [-0.15, -0.1) is 11.8 Å². The van der Waals surface area contributed by atoms with Crippen molar-refractivity contribution in [2.24, 2.45) is 11.8 Å². The van der Waals surface area contributed by atoms with Gasteiger partial charge in [0.05, 0.1) is 12.7 Å². The van der Waals surface area contributed by atoms with E-state index in [-0.39, 0.29) is 12.7 Å². The van der Waals surface area contributed by atoms with Crippen molar-refractivity contribution in [1.29, 1.82) is 0 Å². The van der Waals surface area contributed by atoms with Gasteiger partial charge < -0.3 is 24.3 Å². The van der Waals surface area contributed by atoms with Gasteiger partial charge in [0.25, 0.3) is 0 Å². The number of thioether (sulfide) groups is 1. The van der Waals surface area contributed by atoms with Gasteiger partial charge in [-0.1, -0.05) is 110 Å². The van der Waals surface area contributed by atoms with Gasteiger partial charge in [0.15, 0.2) is 0 Å². The summed E-state index contributed by atoms with van der Waals surface area (Å²) in [5, 5.41) is 18.0. The van der Waals surface area contributed by atoms with E-state index in [4.69, 9.17) is 9.47 Å². The van der Waals surface area contributed by atoms with Crippen LogP contribution in [-0.4, -0.2) is 52.0 Å². The standard InChI is InChI=1S/C29H57O6PS/c1-4-6-8-9-10-11-12-16-21-34-24(3)23-35-28(29(32,36-33)27(30)31)37-22-20-26(17-7-5-2)25-18-14-13-15-19-25/h24-26,28,32H,4-23,36H2,1-3H3,(H,30,31). The molecule has 1 rings (SSSR count). The van der Waals surface area contributed by atoms with Crippen LogP contribution in [-0.2, 0) is 18.8 Å². The van der Waals surface area contributed by atoms with Crippen LogP contribution in [0.15, 0.2) is 0 Å². The lowest BCUT2D eigenvalue weighted by atomic mass is 9.77. The van der Waals surface area contributed by atoms with E-state index in [1.54, 1.807) is 0 Å². The third-order valence-electron chi connectivity index (χ3n) is 7.77. The summed E-state index contributed by atoms with van der Waals surface area (Å²) in [5.74, 6) is 0.587. The average Bonchev–Trinajstić information content (AvgIpc) is 2.91. The highest BCUT2D eigenvalue weighted by atomic mass is 32.2. The summed E-state index contributed by atoms with van der Waals surface area (Å²) in [6.07, 6.45) is 20.8. The molecule has 1 aliphatic carbocycles. The normalized spacial score (nSPS) is 19.1. The smallest absolute Gasteiger partial charge is 0.346 e. The zero-order chi connectivity index (χ0) is 27.4. The number of aliphatic hydroxyl groups is 1. The monoisotopic (exact) mass is 564 g/mol. The van der Waals surface area contributed by atoms with Crippen LogP contribution in [0.1, 0.15) is 130 Å². The van der Waals surface area contributed by atoms with Crippen LogP contribution >= 0.6 is 20.2 Å². The maximum absolute atomic E-state index is 11.8. The van der Waals surface area contributed by atoms with Crippen molar-refractivity contribution in [3.63, 3.8) is 0 Å². The predicted molar refractivity (Wildman–Crippen MR) is 157 cm³/mol. The Bertz CT molecular complexity index is 589. The molecule has 5 unspecified atom stereocenters. The Kier molecular flexibility index (Phi) is 20.5. The average molecular weight is 565 g/mol. The van der Waals surface area contributed by atoms with Crippen LogP contribution in [0.2, 0.25) is 0 Å². The minimum atomic E-state index is -2.36. The quantitative estimate of drug-likeness (QED) is 0.0699. The van der Waals surface area contributed by atoms with Crippen molar-refractivity contribution in [2.45, 2.75) is 147 Å². The van der Waals surface area contributed by atoms with Crippen molar-refractivity contribution < 1.29 is 29.0 Å². The van der Waals surface area contributed by atoms with Crippen LogP contribution in [0.25, 0.3) is 0 Å². The number of carboxylic acid groups (broad SMARTS) is 1. The molecule has 0 radical (unpaired) electrons. The second-order valence-electron chi connectivity index (χ2n) is 11.0. The Hall–Kier alpha value is -0.0700. The van der Waals surface area contributed by atoms with Gasteiger partial charge in [0.1, 0.15) is 13.9 Å². The van der Waals surface area contributed by atoms with Gasteiger partial charge in [0, 0.05) is 6.61 Å². The predicted octanol–water partition coefficient (Wildman–Crippen LogP) is 7.91. The Balaban J connectivity index is 2.50. The molecule has 37 heavy (non-hydrogen) atoms. The summed E-state index contributed by atoms with van der Waals surface area (Å²) in [5.41, 5.74) is -1.06. The third-order valence-corrected chi connectivity index (χ3v) is 10.2. The first-order chi connectivity index (χ1) is 17.9. The molecule has 0 aromatic carbocycles. The molecule has 0 bridgehead atoms. The molecule has 8 heteroatoms. The van der Waals surface area contributed by atoms with E-state index in [2.05, 4.69) is 13.8 Å². The van der Waals surface area contributed by atoms with E-state index < -0.39 is 25.2 Å². The van der Waals surface area contributed by atoms with E-state index in [9.17, 15) is 19.6 Å². The Labute approximate surface area is 232 Å². The highest BCUT2D eigenvalue weighted by Crippen LogP contribution is 2.38. The highest BCUT2D eigenvalue weighted by molar-refractivity contribution is 8.00. The minimum absolute atomic E-state index is 0.172. The number of unbranched alkanes of at least 4 members (excludes halogenated alkanes) is 8. The molecule has 1 fully saturated rings. The zero-order valence-corrected chi connectivity index (χ0v) is 25.9. The van der Waals surface area contributed by atoms with Gasteiger partial charge in [-0.05, 0) is 37.4 Å². The van der Waals surface area contributed by atoms with Crippen LogP contribution < -0.4 is 0 Å². The molecule has 1 aliphatic rings. The molecular weight excluding hydrogens is 507 g/mol. The fraction of sp³-hybridized carbons (Fsp3) is 0.966. The second kappa shape index (κ2) is 21.7. The Morgan fingerprint density at radius 3 is 2.16 bits per heavy atom. The second-order valence-corrected chi connectivity index (χ2v) is 13.3. The number of aliphatic carboxylic acids is 1. The molecule has 0 amide bonds. The molecule has 0 aromatic heterocycles. The molecule has 5 atom stereocenters. The van der Waals surface area contributed by atoms with Gasteiger partial charge in [0.2, 0.25) is 5.34 Å². The zero-order valence-electron chi connectivity index (χ0n) is 24.0. The minimum Gasteiger partial charge on any atom is -0.479 e. The third kappa shape index (κ3) is 14.8. The van der Waals surface area contributed by atoms with Crippen LogP contribution in [0, 0.1) is 11.8 Å². The first kappa shape index (κ1) is 35.0. The van der Waals surface area contributed by atoms with Gasteiger partial charge >= 0.3 is 5.97 Å². The summed E-state index contributed by atoms with van der Waals surface area (Å²) < 4.78 is 23.6. The van der Waals surface area contributed by atoms with Gasteiger partial charge in [-0.3, -0.25) is 0 Å². The summed E-state index contributed by atoms with van der Waals surface area (Å²) in [4.78, 5) is 11.8. The molecule has 220 valence electrons. The molecule has 0 spiro atoms. The van der Waals surface area contributed by atoms with Gasteiger partial charge in [-0.2, -0.15) is 0 Å². The maximum Gasteiger partial charge on any atom is 0.346 e. The van der Waals surface area contributed by atoms with E-state index in [0.29, 0.717) is 18.3 Å². The van der Waals surface area contributed by atoms with Gasteiger partial charge in [-0.25, -0.2) is 4.79 Å². The molecule has 6 nitrogen and oxygen atoms in total. The molecule has 0 heterocycles. The fourth-order valence-corrected chi connectivity index (χ4v) is 7.26. The van der Waals surface area contributed by atoms with Crippen LogP contribution in [0.4, 0.5) is 0 Å². The number of carboxylic acids is 1. The topological polar surface area (TPSA) is 93.1 Å². The van der Waals surface area contributed by atoms with Crippen molar-refractivity contribution >= 4 is 26.2 Å². The molecule has 0 saturated heterocycles. The van der Waals surface area contributed by atoms with Crippen LogP contribution in [0.5, 0.6) is 0 Å². The summed E-state index contributed by atoms with van der Waals surface area (Å²) in [6, 6.07) is 0. The summed E-state index contributed by atoms with van der Waals surface area (Å²) in [6.45, 7) is 7.17. The SMILES string of the molecule is CCCCCCCCCCOC(C)COC(SCCC(CCCC)C1CCCCC1)C(O)([PH2]=O)C(=O)O. The van der Waals surface area contributed by atoms with Crippen molar-refractivity contribution in [3.05, 3.63) is 0 Å². The molecular formula is C29H57O6PS. The maximum atomic E-state index is 11.8. The van der Waals surface area contributed by atoms with E-state index in [0.717, 1.165) is 25.2 Å². The largest absolute Gasteiger partial charge is 0.479 e. The van der Waals surface area contributed by atoms with Crippen molar-refractivity contribution in [1.82, 2.24) is 0 Å². The van der Waals surface area contributed by atoms with Crippen molar-refractivity contribution in [3.8, 4) is 0 Å². The van der Waals surface area contributed by atoms with Crippen LogP contribution in [0.3, 0.4) is 0 Å². The van der Waals surface area contributed by atoms with Crippen molar-refractivity contribution in [2.75, 3.05) is 19.0 Å². The fourth-order valence-electron chi connectivity index (χ4n) is 5.31. The Morgan fingerprint density at radius 1 is 0.946 bits per heavy atom. The number of hydrogen-bond acceptors (Lipinski definition) is 6. The van der Waals surface area contributed by atoms with E-state index >= 15 is 0 Å². The number of rotatable bonds is 24. The lowest BCUT2D eigenvalue weighted by molar-refractivity contribution is -0.157. The first-order valence-electron chi connectivity index (χ1n) is 15.2. The Morgan fingerprint density at radius 2 is 1.57 bits per heavy atom. The summed E-state index contributed by atoms with van der Waals surface area (Å²) in [7, 11) is -1.95. The summed E-state index contributed by atoms with van der Waals surface area (Å²) >= 11 is 1.30. The number of ether oxygens (including phenoxy) is 2. The first-order valence-corrected chi connectivity index (χ1v) is 17.3. The molecule has 0 aromatic rings. The number of carbonyl (C=O) groups is 1. The highest BCUT2D eigenvalue weighted by Gasteiger charge is 2.45. The molecule has 2 N–H and O–H groups in total.